The molecule has 1 aromatic carbocycles. The molecule has 2 heterocycles. The summed E-state index contributed by atoms with van der Waals surface area (Å²) < 4.78 is 5.36. The normalized spacial score (nSPS) is 22.9. The number of benzene rings is 1. The van der Waals surface area contributed by atoms with Gasteiger partial charge in [0.05, 0.1) is 0 Å². The number of nitrogens with zero attached hydrogens (tertiary/aromatic N) is 1. The Morgan fingerprint density at radius 2 is 1.88 bits per heavy atom. The Balaban J connectivity index is 1.92. The number of aryl methyl sites for hydroxylation is 1. The van der Waals surface area contributed by atoms with Gasteiger partial charge in [-0.1, -0.05) is 26.8 Å². The van der Waals surface area contributed by atoms with Crippen molar-refractivity contribution in [3.63, 3.8) is 0 Å². The minimum Gasteiger partial charge on any atom is -0.438 e. The topological polar surface area (TPSA) is 65.6 Å². The highest BCUT2D eigenvalue weighted by Crippen LogP contribution is 2.37. The third-order valence-corrected chi connectivity index (χ3v) is 5.80. The number of fused-ring (bicyclic) bond motifs is 1. The molecule has 5 heteroatoms. The molecule has 1 aliphatic heterocycles. The number of aromatic nitrogens is 1. The molecule has 1 fully saturated rings. The number of carbonyl (C=O) groups excluding carboxylic acids is 1. The fraction of sp³-hybridized carbons (Fsp3) is 0.571. The predicted octanol–water partition coefficient (Wildman–Crippen LogP) is 4.26. The lowest BCUT2D eigenvalue weighted by molar-refractivity contribution is -0.126. The van der Waals surface area contributed by atoms with Crippen LogP contribution in [0.4, 0.5) is 4.79 Å². The van der Waals surface area contributed by atoms with Gasteiger partial charge in [-0.2, -0.15) is 0 Å². The van der Waals surface area contributed by atoms with Crippen molar-refractivity contribution < 1.29 is 14.6 Å². The SMILES string of the molecule is Cc1[nH]c2ccc(C(C)(C)C)cc2c1CCN1C(=O)OC(C)(C)C1(C)O. The van der Waals surface area contributed by atoms with Gasteiger partial charge in [-0.25, -0.2) is 4.79 Å². The molecule has 26 heavy (non-hydrogen) atoms. The molecule has 2 aromatic rings. The molecule has 0 aliphatic carbocycles. The molecule has 1 saturated heterocycles. The Bertz CT molecular complexity index is 856. The lowest BCUT2D eigenvalue weighted by atomic mass is 9.86. The zero-order valence-electron chi connectivity index (χ0n) is 16.9. The van der Waals surface area contributed by atoms with Crippen molar-refractivity contribution in [2.24, 2.45) is 0 Å². The van der Waals surface area contributed by atoms with Gasteiger partial charge in [0, 0.05) is 23.1 Å². The third kappa shape index (κ3) is 2.88. The summed E-state index contributed by atoms with van der Waals surface area (Å²) in [5, 5.41) is 12.0. The molecule has 1 aliphatic rings. The van der Waals surface area contributed by atoms with Crippen molar-refractivity contribution in [1.82, 2.24) is 9.88 Å². The first kappa shape index (κ1) is 18.8. The third-order valence-electron chi connectivity index (χ3n) is 5.80. The monoisotopic (exact) mass is 358 g/mol. The number of aliphatic hydroxyl groups is 1. The van der Waals surface area contributed by atoms with Gasteiger partial charge in [0.15, 0.2) is 11.3 Å². The van der Waals surface area contributed by atoms with Gasteiger partial charge < -0.3 is 14.8 Å². The van der Waals surface area contributed by atoms with Crippen molar-refractivity contribution in [2.75, 3.05) is 6.54 Å². The van der Waals surface area contributed by atoms with E-state index >= 15 is 0 Å². The second-order valence-corrected chi connectivity index (χ2v) is 9.04. The van der Waals surface area contributed by atoms with Crippen LogP contribution < -0.4 is 0 Å². The maximum Gasteiger partial charge on any atom is 0.412 e. The number of carbonyl (C=O) groups is 1. The molecule has 2 N–H and O–H groups in total. The highest BCUT2D eigenvalue weighted by atomic mass is 16.6. The molecule has 1 amide bonds. The number of H-pyrrole nitrogens is 1. The number of ether oxygens (including phenoxy) is 1. The average Bonchev–Trinajstić information content (AvgIpc) is 2.87. The Morgan fingerprint density at radius 1 is 1.23 bits per heavy atom. The van der Waals surface area contributed by atoms with Crippen LogP contribution in [0, 0.1) is 6.92 Å². The van der Waals surface area contributed by atoms with E-state index in [2.05, 4.69) is 50.9 Å². The van der Waals surface area contributed by atoms with E-state index in [0.717, 1.165) is 11.2 Å². The highest BCUT2D eigenvalue weighted by Gasteiger charge is 2.56. The lowest BCUT2D eigenvalue weighted by Crippen LogP contribution is -2.54. The van der Waals surface area contributed by atoms with Gasteiger partial charge >= 0.3 is 6.09 Å². The summed E-state index contributed by atoms with van der Waals surface area (Å²) >= 11 is 0. The molecule has 142 valence electrons. The number of aromatic amines is 1. The lowest BCUT2D eigenvalue weighted by Gasteiger charge is -2.34. The molecule has 1 atom stereocenters. The van der Waals surface area contributed by atoms with Crippen molar-refractivity contribution in [2.45, 2.75) is 71.6 Å². The first-order valence-electron chi connectivity index (χ1n) is 9.19. The van der Waals surface area contributed by atoms with Crippen molar-refractivity contribution in [3.05, 3.63) is 35.0 Å². The van der Waals surface area contributed by atoms with E-state index in [-0.39, 0.29) is 5.41 Å². The van der Waals surface area contributed by atoms with Crippen LogP contribution in [0.2, 0.25) is 0 Å². The maximum absolute atomic E-state index is 12.2. The molecule has 0 bridgehead atoms. The first-order valence-corrected chi connectivity index (χ1v) is 9.19. The van der Waals surface area contributed by atoms with E-state index in [9.17, 15) is 9.90 Å². The predicted molar refractivity (Wildman–Crippen MR) is 103 cm³/mol. The zero-order valence-corrected chi connectivity index (χ0v) is 16.9. The standard InChI is InChI=1S/C21H30N2O3/c1-13-15(10-11-23-18(24)26-20(5,6)21(23,7)25)16-12-14(19(2,3)4)8-9-17(16)22-13/h8-9,12,22,25H,10-11H2,1-7H3. The molecule has 1 unspecified atom stereocenters. The van der Waals surface area contributed by atoms with Crippen molar-refractivity contribution >= 4 is 17.0 Å². The summed E-state index contributed by atoms with van der Waals surface area (Å²) in [6.45, 7) is 14.2. The van der Waals surface area contributed by atoms with E-state index in [1.165, 1.54) is 21.4 Å². The van der Waals surface area contributed by atoms with Crippen LogP contribution >= 0.6 is 0 Å². The zero-order chi connectivity index (χ0) is 19.5. The van der Waals surface area contributed by atoms with Gasteiger partial charge in [-0.15, -0.1) is 0 Å². The summed E-state index contributed by atoms with van der Waals surface area (Å²) in [4.78, 5) is 17.1. The van der Waals surface area contributed by atoms with Crippen LogP contribution in [0.3, 0.4) is 0 Å². The average molecular weight is 358 g/mol. The number of amides is 1. The molecular weight excluding hydrogens is 328 g/mol. The fourth-order valence-corrected chi connectivity index (χ4v) is 3.58. The van der Waals surface area contributed by atoms with E-state index in [1.54, 1.807) is 20.8 Å². The second-order valence-electron chi connectivity index (χ2n) is 9.04. The van der Waals surface area contributed by atoms with Crippen molar-refractivity contribution in [1.29, 1.82) is 0 Å². The molecule has 3 rings (SSSR count). The Labute approximate surface area is 155 Å². The quantitative estimate of drug-likeness (QED) is 0.862. The molecule has 1 aromatic heterocycles. The maximum atomic E-state index is 12.2. The number of rotatable bonds is 3. The second kappa shape index (κ2) is 5.74. The molecule has 5 nitrogen and oxygen atoms in total. The van der Waals surface area contributed by atoms with Gasteiger partial charge in [0.2, 0.25) is 0 Å². The minimum atomic E-state index is -1.33. The van der Waals surface area contributed by atoms with Gasteiger partial charge in [-0.3, -0.25) is 4.90 Å². The van der Waals surface area contributed by atoms with E-state index in [4.69, 9.17) is 4.74 Å². The summed E-state index contributed by atoms with van der Waals surface area (Å²) in [5.41, 5.74) is 2.46. The van der Waals surface area contributed by atoms with E-state index < -0.39 is 17.4 Å². The molecule has 0 radical (unpaired) electrons. The van der Waals surface area contributed by atoms with Crippen LogP contribution in [0.5, 0.6) is 0 Å². The Hall–Kier alpha value is -2.01. The molecule has 0 spiro atoms. The number of hydrogen-bond donors (Lipinski definition) is 2. The Kier molecular flexibility index (Phi) is 4.15. The minimum absolute atomic E-state index is 0.0725. The van der Waals surface area contributed by atoms with Crippen LogP contribution in [0.25, 0.3) is 10.9 Å². The van der Waals surface area contributed by atoms with Crippen LogP contribution in [-0.4, -0.2) is 39.0 Å². The van der Waals surface area contributed by atoms with E-state index in [1.807, 2.05) is 0 Å². The summed E-state index contributed by atoms with van der Waals surface area (Å²) in [7, 11) is 0. The van der Waals surface area contributed by atoms with Gasteiger partial charge in [0.1, 0.15) is 0 Å². The van der Waals surface area contributed by atoms with Crippen LogP contribution in [-0.2, 0) is 16.6 Å². The number of hydrogen-bond acceptors (Lipinski definition) is 3. The van der Waals surface area contributed by atoms with Crippen molar-refractivity contribution in [3.8, 4) is 0 Å². The number of nitrogens with one attached hydrogen (secondary N) is 1. The summed E-state index contributed by atoms with van der Waals surface area (Å²) in [6.07, 6.45) is 0.189. The van der Waals surface area contributed by atoms with Crippen LogP contribution in [0.1, 0.15) is 58.4 Å². The highest BCUT2D eigenvalue weighted by molar-refractivity contribution is 5.85. The number of cyclic esters (lactones) is 1. The smallest absolute Gasteiger partial charge is 0.412 e. The van der Waals surface area contributed by atoms with Gasteiger partial charge in [-0.05, 0) is 62.8 Å². The van der Waals surface area contributed by atoms with Crippen LogP contribution in [0.15, 0.2) is 18.2 Å². The van der Waals surface area contributed by atoms with E-state index in [0.29, 0.717) is 13.0 Å². The Morgan fingerprint density at radius 3 is 2.42 bits per heavy atom. The van der Waals surface area contributed by atoms with Gasteiger partial charge in [0.25, 0.3) is 0 Å². The fourth-order valence-electron chi connectivity index (χ4n) is 3.58. The largest absolute Gasteiger partial charge is 0.438 e. The summed E-state index contributed by atoms with van der Waals surface area (Å²) in [6, 6.07) is 6.52. The first-order chi connectivity index (χ1) is 11.8. The summed E-state index contributed by atoms with van der Waals surface area (Å²) in [5.74, 6) is 0. The molecular formula is C21H30N2O3. The molecule has 0 saturated carbocycles.